The van der Waals surface area contributed by atoms with E-state index in [9.17, 15) is 9.59 Å². The van der Waals surface area contributed by atoms with Gasteiger partial charge in [-0.05, 0) is 24.0 Å². The number of nitrogens with zero attached hydrogens (tertiary/aromatic N) is 4. The molecule has 1 aromatic carbocycles. The summed E-state index contributed by atoms with van der Waals surface area (Å²) in [4.78, 5) is 35.6. The predicted octanol–water partition coefficient (Wildman–Crippen LogP) is 2.56. The van der Waals surface area contributed by atoms with Crippen LogP contribution in [-0.4, -0.2) is 38.4 Å². The molecule has 2 atom stereocenters. The molecule has 2 aliphatic heterocycles. The Bertz CT molecular complexity index is 1080. The summed E-state index contributed by atoms with van der Waals surface area (Å²) in [7, 11) is 0. The summed E-state index contributed by atoms with van der Waals surface area (Å²) in [5.41, 5.74) is 3.64. The van der Waals surface area contributed by atoms with Crippen molar-refractivity contribution in [3.63, 3.8) is 0 Å². The van der Waals surface area contributed by atoms with Crippen molar-refractivity contribution >= 4 is 5.91 Å². The number of hydrogen-bond donors (Lipinski definition) is 0. The Morgan fingerprint density at radius 3 is 2.64 bits per heavy atom. The van der Waals surface area contributed by atoms with E-state index in [0.717, 1.165) is 23.2 Å². The summed E-state index contributed by atoms with van der Waals surface area (Å²) in [5, 5.41) is 0. The van der Waals surface area contributed by atoms with E-state index in [2.05, 4.69) is 22.1 Å². The Kier molecular flexibility index (Phi) is 4.04. The molecule has 6 nitrogen and oxygen atoms in total. The Morgan fingerprint density at radius 1 is 1.00 bits per heavy atom. The highest BCUT2D eigenvalue weighted by molar-refractivity contribution is 5.92. The van der Waals surface area contributed by atoms with E-state index in [-0.39, 0.29) is 23.3 Å². The average Bonchev–Trinajstić information content (AvgIpc) is 2.75. The first-order valence-corrected chi connectivity index (χ1v) is 9.55. The largest absolute Gasteiger partial charge is 0.336 e. The first-order valence-electron chi connectivity index (χ1n) is 9.55. The summed E-state index contributed by atoms with van der Waals surface area (Å²) < 4.78 is 1.92. The van der Waals surface area contributed by atoms with Gasteiger partial charge in [0.05, 0.1) is 6.20 Å². The maximum atomic E-state index is 12.9. The van der Waals surface area contributed by atoms with Crippen LogP contribution in [0.4, 0.5) is 0 Å². The Balaban J connectivity index is 1.55. The van der Waals surface area contributed by atoms with Crippen LogP contribution in [0.5, 0.6) is 0 Å². The third-order valence-corrected chi connectivity index (χ3v) is 5.74. The van der Waals surface area contributed by atoms with Crippen molar-refractivity contribution in [2.75, 3.05) is 13.1 Å². The number of amides is 1. The molecule has 6 heteroatoms. The Morgan fingerprint density at radius 2 is 1.86 bits per heavy atom. The lowest BCUT2D eigenvalue weighted by Gasteiger charge is -2.43. The van der Waals surface area contributed by atoms with E-state index < -0.39 is 0 Å². The van der Waals surface area contributed by atoms with Gasteiger partial charge in [0.1, 0.15) is 5.69 Å². The summed E-state index contributed by atoms with van der Waals surface area (Å²) in [6, 6.07) is 13.7. The summed E-state index contributed by atoms with van der Waals surface area (Å²) in [6.07, 6.45) is 5.62. The molecule has 0 N–H and O–H groups in total. The normalized spacial score (nSPS) is 20.5. The molecule has 0 unspecified atom stereocenters. The molecule has 140 valence electrons. The highest BCUT2D eigenvalue weighted by Gasteiger charge is 2.38. The minimum Gasteiger partial charge on any atom is -0.336 e. The molecule has 2 bridgehead atoms. The smallest absolute Gasteiger partial charge is 0.274 e. The van der Waals surface area contributed by atoms with Crippen molar-refractivity contribution in [2.45, 2.75) is 18.9 Å². The van der Waals surface area contributed by atoms with Crippen molar-refractivity contribution in [1.82, 2.24) is 19.4 Å². The summed E-state index contributed by atoms with van der Waals surface area (Å²) in [6.45, 7) is 1.89. The van der Waals surface area contributed by atoms with Crippen molar-refractivity contribution in [1.29, 1.82) is 0 Å². The number of hydrogen-bond acceptors (Lipinski definition) is 4. The summed E-state index contributed by atoms with van der Waals surface area (Å²) >= 11 is 0. The number of carbonyl (C=O) groups is 1. The van der Waals surface area contributed by atoms with Gasteiger partial charge in [-0.25, -0.2) is 4.98 Å². The highest BCUT2D eigenvalue weighted by atomic mass is 16.2. The molecule has 1 saturated heterocycles. The highest BCUT2D eigenvalue weighted by Crippen LogP contribution is 2.40. The van der Waals surface area contributed by atoms with Crippen molar-refractivity contribution in [3.8, 4) is 11.1 Å². The van der Waals surface area contributed by atoms with Crippen LogP contribution >= 0.6 is 0 Å². The van der Waals surface area contributed by atoms with E-state index in [1.54, 1.807) is 18.5 Å². The molecule has 2 aromatic heterocycles. The lowest BCUT2D eigenvalue weighted by atomic mass is 9.80. The number of carbonyl (C=O) groups excluding carboxylic acids is 1. The maximum Gasteiger partial charge on any atom is 0.274 e. The monoisotopic (exact) mass is 372 g/mol. The third-order valence-electron chi connectivity index (χ3n) is 5.74. The van der Waals surface area contributed by atoms with E-state index in [4.69, 9.17) is 0 Å². The molecular weight excluding hydrogens is 352 g/mol. The zero-order valence-corrected chi connectivity index (χ0v) is 15.4. The lowest BCUT2D eigenvalue weighted by Crippen LogP contribution is -2.49. The molecule has 28 heavy (non-hydrogen) atoms. The Hall–Kier alpha value is -3.28. The van der Waals surface area contributed by atoms with Gasteiger partial charge in [0.15, 0.2) is 0 Å². The molecule has 5 rings (SSSR count). The van der Waals surface area contributed by atoms with Gasteiger partial charge in [-0.15, -0.1) is 0 Å². The lowest BCUT2D eigenvalue weighted by molar-refractivity contribution is 0.0589. The van der Waals surface area contributed by atoms with Crippen LogP contribution in [0.1, 0.15) is 28.5 Å². The van der Waals surface area contributed by atoms with Crippen LogP contribution in [-0.2, 0) is 6.54 Å². The fourth-order valence-corrected chi connectivity index (χ4v) is 4.61. The topological polar surface area (TPSA) is 68.1 Å². The van der Waals surface area contributed by atoms with Gasteiger partial charge in [-0.1, -0.05) is 30.3 Å². The molecule has 1 fully saturated rings. The SMILES string of the molecule is O=C(c1cnccn1)N1C[C@@H]2C[C@H](C1)c1c(-c3ccccc3)ccc(=O)n1C2. The molecule has 0 spiro atoms. The third kappa shape index (κ3) is 2.81. The van der Waals surface area contributed by atoms with E-state index in [1.807, 2.05) is 33.7 Å². The van der Waals surface area contributed by atoms with Crippen LogP contribution in [0.15, 0.2) is 65.8 Å². The van der Waals surface area contributed by atoms with Gasteiger partial charge in [0.2, 0.25) is 0 Å². The van der Waals surface area contributed by atoms with Crippen molar-refractivity contribution in [2.24, 2.45) is 5.92 Å². The predicted molar refractivity (Wildman–Crippen MR) is 105 cm³/mol. The van der Waals surface area contributed by atoms with Gasteiger partial charge >= 0.3 is 0 Å². The van der Waals surface area contributed by atoms with Gasteiger partial charge in [0.25, 0.3) is 11.5 Å². The van der Waals surface area contributed by atoms with Crippen LogP contribution in [0, 0.1) is 5.92 Å². The second-order valence-electron chi connectivity index (χ2n) is 7.55. The summed E-state index contributed by atoms with van der Waals surface area (Å²) in [5.74, 6) is 0.323. The molecule has 0 saturated carbocycles. The molecule has 0 aliphatic carbocycles. The molecule has 1 amide bonds. The fourth-order valence-electron chi connectivity index (χ4n) is 4.61. The first kappa shape index (κ1) is 16.9. The number of likely N-dealkylation sites (tertiary alicyclic amines) is 1. The quantitative estimate of drug-likeness (QED) is 0.693. The zero-order chi connectivity index (χ0) is 19.1. The molecule has 2 aliphatic rings. The van der Waals surface area contributed by atoms with Gasteiger partial charge in [-0.2, -0.15) is 0 Å². The molecule has 3 aromatic rings. The van der Waals surface area contributed by atoms with Crippen LogP contribution < -0.4 is 5.56 Å². The number of aromatic nitrogens is 3. The van der Waals surface area contributed by atoms with Crippen LogP contribution in [0.3, 0.4) is 0 Å². The van der Waals surface area contributed by atoms with Gasteiger partial charge < -0.3 is 9.47 Å². The minimum atomic E-state index is -0.0872. The van der Waals surface area contributed by atoms with Gasteiger partial charge in [-0.3, -0.25) is 14.6 Å². The molecular formula is C22H20N4O2. The second-order valence-corrected chi connectivity index (χ2v) is 7.55. The number of fused-ring (bicyclic) bond motifs is 4. The molecule has 4 heterocycles. The number of piperidine rings is 1. The standard InChI is InChI=1S/C22H20N4O2/c27-20-7-6-18(16-4-2-1-3-5-16)21-17-10-15(13-26(20)21)12-25(14-17)22(28)19-11-23-8-9-24-19/h1-9,11,15,17H,10,12-14H2/t15-,17+/m0/s1. The minimum absolute atomic E-state index is 0.0399. The van der Waals surface area contributed by atoms with Crippen molar-refractivity contribution < 1.29 is 4.79 Å². The van der Waals surface area contributed by atoms with Crippen molar-refractivity contribution in [3.05, 3.63) is 82.8 Å². The number of rotatable bonds is 2. The van der Waals surface area contributed by atoms with E-state index >= 15 is 0 Å². The molecule has 0 radical (unpaired) electrons. The van der Waals surface area contributed by atoms with E-state index in [0.29, 0.717) is 25.3 Å². The maximum absolute atomic E-state index is 12.9. The first-order chi connectivity index (χ1) is 13.7. The zero-order valence-electron chi connectivity index (χ0n) is 15.4. The van der Waals surface area contributed by atoms with Gasteiger partial charge in [0, 0.05) is 55.3 Å². The van der Waals surface area contributed by atoms with Crippen LogP contribution in [0.25, 0.3) is 11.1 Å². The second kappa shape index (κ2) is 6.71. The van der Waals surface area contributed by atoms with Crippen LogP contribution in [0.2, 0.25) is 0 Å². The average molecular weight is 372 g/mol. The number of benzene rings is 1. The van der Waals surface area contributed by atoms with E-state index in [1.165, 1.54) is 6.20 Å². The number of pyridine rings is 1. The fraction of sp³-hybridized carbons (Fsp3) is 0.273. The Labute approximate surface area is 162 Å².